The molecule has 0 unspecified atom stereocenters. The number of ether oxygens (including phenoxy) is 2. The Kier molecular flexibility index (Phi) is 4.52. The van der Waals surface area contributed by atoms with Gasteiger partial charge >= 0.3 is 0 Å². The Labute approximate surface area is 217 Å². The Morgan fingerprint density at radius 2 is 1.94 bits per heavy atom. The van der Waals surface area contributed by atoms with E-state index in [-0.39, 0.29) is 34.0 Å². The van der Waals surface area contributed by atoms with Gasteiger partial charge in [-0.2, -0.15) is 0 Å². The number of fused-ring (bicyclic) bond motifs is 2. The van der Waals surface area contributed by atoms with Crippen molar-refractivity contribution >= 4 is 15.9 Å². The summed E-state index contributed by atoms with van der Waals surface area (Å²) in [4.78, 5) is 2.82. The van der Waals surface area contributed by atoms with Crippen molar-refractivity contribution in [3.63, 3.8) is 0 Å². The molecule has 0 radical (unpaired) electrons. The lowest BCUT2D eigenvalue weighted by atomic mass is 9.33. The highest BCUT2D eigenvalue weighted by Gasteiger charge is 2.82. The third kappa shape index (κ3) is 2.52. The lowest BCUT2D eigenvalue weighted by molar-refractivity contribution is -0.312. The van der Waals surface area contributed by atoms with E-state index in [1.54, 1.807) is 0 Å². The molecule has 2 spiro atoms. The molecule has 1 aromatic rings. The van der Waals surface area contributed by atoms with Crippen molar-refractivity contribution in [1.29, 1.82) is 0 Å². The minimum atomic E-state index is -0.922. The van der Waals surface area contributed by atoms with Crippen molar-refractivity contribution in [2.24, 2.45) is 22.7 Å². The smallest absolute Gasteiger partial charge is 0.172 e. The highest BCUT2D eigenvalue weighted by Crippen LogP contribution is 2.78. The zero-order valence-corrected chi connectivity index (χ0v) is 23.4. The number of hydrogen-bond acceptors (Lipinski definition) is 5. The van der Waals surface area contributed by atoms with Gasteiger partial charge in [0.25, 0.3) is 0 Å². The summed E-state index contributed by atoms with van der Waals surface area (Å²) in [5, 5.41) is 23.4. The van der Waals surface area contributed by atoms with E-state index >= 15 is 0 Å². The predicted octanol–water partition coefficient (Wildman–Crippen LogP) is 5.18. The first-order valence-electron chi connectivity index (χ1n) is 13.7. The summed E-state index contributed by atoms with van der Waals surface area (Å²) in [5.41, 5.74) is 0.634. The molecule has 4 saturated carbocycles. The number of likely N-dealkylation sites (tertiary alicyclic amines) is 1. The first-order valence-corrected chi connectivity index (χ1v) is 14.5. The molecule has 2 heterocycles. The van der Waals surface area contributed by atoms with Gasteiger partial charge in [0, 0.05) is 42.0 Å². The van der Waals surface area contributed by atoms with Crippen LogP contribution in [0.15, 0.2) is 10.5 Å². The number of hydrogen-bond donors (Lipinski definition) is 2. The first-order chi connectivity index (χ1) is 16.4. The SMILES string of the molecule is CO[C@]12CC[C@@]3(C[C@@H]1[C@](C)(O)C(C)(C)C)[C@H]1Cc4cc(Br)c(O)c5c4[C@@]3(CCN1CC1CC1)[C@H]2O5. The number of aliphatic hydroxyl groups is 1. The summed E-state index contributed by atoms with van der Waals surface area (Å²) in [6.07, 6.45) is 7.51. The molecule has 2 N–H and O–H groups in total. The van der Waals surface area contributed by atoms with E-state index in [1.165, 1.54) is 30.5 Å². The second kappa shape index (κ2) is 6.78. The van der Waals surface area contributed by atoms with Crippen LogP contribution in [0.25, 0.3) is 0 Å². The van der Waals surface area contributed by atoms with E-state index in [0.717, 1.165) is 49.0 Å². The van der Waals surface area contributed by atoms with Gasteiger partial charge in [-0.15, -0.1) is 0 Å². The number of nitrogens with zero attached hydrogens (tertiary/aromatic N) is 1. The Morgan fingerprint density at radius 3 is 2.60 bits per heavy atom. The van der Waals surface area contributed by atoms with Crippen molar-refractivity contribution in [2.45, 2.75) is 101 Å². The lowest BCUT2D eigenvalue weighted by Crippen LogP contribution is -2.83. The van der Waals surface area contributed by atoms with Gasteiger partial charge in [-0.3, -0.25) is 4.90 Å². The summed E-state index contributed by atoms with van der Waals surface area (Å²) in [5.74, 6) is 1.71. The van der Waals surface area contributed by atoms with Crippen molar-refractivity contribution in [3.05, 3.63) is 21.7 Å². The van der Waals surface area contributed by atoms with E-state index < -0.39 is 11.2 Å². The van der Waals surface area contributed by atoms with Gasteiger partial charge in [0.15, 0.2) is 11.5 Å². The Hall–Kier alpha value is -0.820. The third-order valence-electron chi connectivity index (χ3n) is 11.9. The maximum atomic E-state index is 12.2. The summed E-state index contributed by atoms with van der Waals surface area (Å²) >= 11 is 3.63. The van der Waals surface area contributed by atoms with Gasteiger partial charge in [0.2, 0.25) is 0 Å². The molecule has 2 aliphatic heterocycles. The topological polar surface area (TPSA) is 62.2 Å². The fourth-order valence-corrected chi connectivity index (χ4v) is 10.1. The maximum absolute atomic E-state index is 12.2. The molecule has 7 aliphatic rings. The minimum absolute atomic E-state index is 0.0174. The number of phenols is 1. The molecule has 8 rings (SSSR count). The zero-order valence-electron chi connectivity index (χ0n) is 21.8. The van der Waals surface area contributed by atoms with Crippen LogP contribution in [0.3, 0.4) is 0 Å². The van der Waals surface area contributed by atoms with Gasteiger partial charge in [0.05, 0.1) is 10.1 Å². The highest BCUT2D eigenvalue weighted by molar-refractivity contribution is 9.10. The molecule has 35 heavy (non-hydrogen) atoms. The highest BCUT2D eigenvalue weighted by atomic mass is 79.9. The van der Waals surface area contributed by atoms with E-state index in [1.807, 2.05) is 14.0 Å². The molecule has 7 atom stereocenters. The average Bonchev–Trinajstić information content (AvgIpc) is 3.54. The van der Waals surface area contributed by atoms with Gasteiger partial charge in [0.1, 0.15) is 11.7 Å². The summed E-state index contributed by atoms with van der Waals surface area (Å²) in [6, 6.07) is 2.60. The van der Waals surface area contributed by atoms with Crippen LogP contribution < -0.4 is 4.74 Å². The molecule has 1 saturated heterocycles. The Morgan fingerprint density at radius 1 is 1.20 bits per heavy atom. The van der Waals surface area contributed by atoms with Crippen molar-refractivity contribution in [2.75, 3.05) is 20.2 Å². The number of benzene rings is 1. The molecule has 5 nitrogen and oxygen atoms in total. The number of halogens is 1. The minimum Gasteiger partial charge on any atom is -0.503 e. The van der Waals surface area contributed by atoms with E-state index in [9.17, 15) is 10.2 Å². The van der Waals surface area contributed by atoms with Crippen LogP contribution in [0.2, 0.25) is 0 Å². The first kappa shape index (κ1) is 23.3. The van der Waals surface area contributed by atoms with Gasteiger partial charge < -0.3 is 19.7 Å². The molecule has 5 fully saturated rings. The number of methoxy groups -OCH3 is 1. The fourth-order valence-electron chi connectivity index (χ4n) is 9.62. The predicted molar refractivity (Wildman–Crippen MR) is 138 cm³/mol. The molecular weight excluding hydrogens is 506 g/mol. The molecule has 0 aromatic heterocycles. The van der Waals surface area contributed by atoms with Crippen LogP contribution in [0.5, 0.6) is 11.5 Å². The van der Waals surface area contributed by atoms with Gasteiger partial charge in [-0.05, 0) is 97.3 Å². The van der Waals surface area contributed by atoms with Crippen LogP contribution in [0.4, 0.5) is 0 Å². The van der Waals surface area contributed by atoms with Crippen LogP contribution >= 0.6 is 15.9 Å². The van der Waals surface area contributed by atoms with E-state index in [2.05, 4.69) is 47.7 Å². The van der Waals surface area contributed by atoms with Crippen molar-refractivity contribution in [1.82, 2.24) is 4.90 Å². The third-order valence-corrected chi connectivity index (χ3v) is 12.5. The molecule has 0 amide bonds. The second-order valence-corrected chi connectivity index (χ2v) is 14.8. The number of phenolic OH excluding ortho intramolecular Hbond substituents is 1. The molecule has 4 bridgehead atoms. The van der Waals surface area contributed by atoms with Crippen LogP contribution in [0, 0.1) is 22.7 Å². The average molecular weight is 547 g/mol. The summed E-state index contributed by atoms with van der Waals surface area (Å²) < 4.78 is 14.2. The lowest BCUT2D eigenvalue weighted by Gasteiger charge is -2.75. The molecule has 6 heteroatoms. The molecule has 1 aromatic carbocycles. The number of rotatable bonds is 4. The molecule has 192 valence electrons. The quantitative estimate of drug-likeness (QED) is 0.546. The van der Waals surface area contributed by atoms with E-state index in [0.29, 0.717) is 11.8 Å². The summed E-state index contributed by atoms with van der Waals surface area (Å²) in [7, 11) is 1.83. The van der Waals surface area contributed by atoms with E-state index in [4.69, 9.17) is 9.47 Å². The summed E-state index contributed by atoms with van der Waals surface area (Å²) in [6.45, 7) is 10.8. The zero-order chi connectivity index (χ0) is 24.8. The maximum Gasteiger partial charge on any atom is 0.172 e. The van der Waals surface area contributed by atoms with Crippen molar-refractivity contribution in [3.8, 4) is 11.5 Å². The number of piperidine rings is 1. The monoisotopic (exact) mass is 545 g/mol. The standard InChI is InChI=1S/C29H40BrNO4/c1-25(2,3)26(4,33)19-14-27-8-9-29(19,34-5)24-28(27)10-11-31(15-16-6-7-16)20(27)13-17-12-18(30)22(32)23(35-24)21(17)28/h12,16,19-20,24,32-33H,6-11,13-15H2,1-5H3/t19-,20-,24-,26+,27-,28+,29-/m1/s1. The Bertz CT molecular complexity index is 1110. The molecular formula is C29H40BrNO4. The second-order valence-electron chi connectivity index (χ2n) is 13.9. The normalized spacial score (nSPS) is 43.0. The van der Waals surface area contributed by atoms with Gasteiger partial charge in [-0.1, -0.05) is 20.8 Å². The largest absolute Gasteiger partial charge is 0.503 e. The fraction of sp³-hybridized carbons (Fsp3) is 0.793. The van der Waals surface area contributed by atoms with Crippen LogP contribution in [-0.2, 0) is 16.6 Å². The molecule has 5 aliphatic carbocycles. The van der Waals surface area contributed by atoms with Crippen LogP contribution in [-0.4, -0.2) is 58.7 Å². The van der Waals surface area contributed by atoms with Gasteiger partial charge in [-0.25, -0.2) is 0 Å². The van der Waals surface area contributed by atoms with Crippen LogP contribution in [0.1, 0.15) is 77.3 Å². The van der Waals surface area contributed by atoms with Crippen molar-refractivity contribution < 1.29 is 19.7 Å². The Balaban J connectivity index is 1.49. The number of aromatic hydroxyl groups is 1.